The van der Waals surface area contributed by atoms with E-state index in [0.29, 0.717) is 4.90 Å². The summed E-state index contributed by atoms with van der Waals surface area (Å²) in [6.07, 6.45) is 10.3. The van der Waals surface area contributed by atoms with Crippen LogP contribution in [0.1, 0.15) is 32.3 Å². The average molecular weight is 492 g/mol. The van der Waals surface area contributed by atoms with Gasteiger partial charge in [0.2, 0.25) is 5.95 Å². The number of aryl methyl sites for hydroxylation is 1. The molecule has 1 aromatic carbocycles. The summed E-state index contributed by atoms with van der Waals surface area (Å²) >= 11 is 0. The number of anilines is 1. The molecule has 0 amide bonds. The van der Waals surface area contributed by atoms with E-state index in [0.717, 1.165) is 66.3 Å². The van der Waals surface area contributed by atoms with Gasteiger partial charge in [0, 0.05) is 49.9 Å². The fourth-order valence-electron chi connectivity index (χ4n) is 4.33. The zero-order valence-electron chi connectivity index (χ0n) is 20.0. The van der Waals surface area contributed by atoms with Crippen LogP contribution in [0.15, 0.2) is 66.1 Å². The fourth-order valence-corrected chi connectivity index (χ4v) is 5.24. The molecule has 182 valence electrons. The molecule has 8 nitrogen and oxygen atoms in total. The maximum Gasteiger partial charge on any atom is 0.225 e. The molecule has 1 aliphatic heterocycles. The van der Waals surface area contributed by atoms with Crippen molar-refractivity contribution in [1.82, 2.24) is 19.5 Å². The number of hydrogen-bond acceptors (Lipinski definition) is 7. The highest BCUT2D eigenvalue weighted by molar-refractivity contribution is 7.91. The zero-order valence-corrected chi connectivity index (χ0v) is 20.8. The summed E-state index contributed by atoms with van der Waals surface area (Å²) in [5, 5.41) is 0.863. The van der Waals surface area contributed by atoms with Crippen molar-refractivity contribution >= 4 is 26.7 Å². The van der Waals surface area contributed by atoms with Gasteiger partial charge in [-0.3, -0.25) is 0 Å². The maximum absolute atomic E-state index is 12.2. The number of rotatable bonds is 7. The largest absolute Gasteiger partial charge is 0.489 e. The predicted octanol–water partition coefficient (Wildman–Crippen LogP) is 4.22. The lowest BCUT2D eigenvalue weighted by atomic mass is 10.1. The number of pyridine rings is 1. The third-order valence-corrected chi connectivity index (χ3v) is 8.23. The Kier molecular flexibility index (Phi) is 6.42. The van der Waals surface area contributed by atoms with Gasteiger partial charge in [0.1, 0.15) is 17.7 Å². The molecule has 5 rings (SSSR count). The van der Waals surface area contributed by atoms with E-state index in [2.05, 4.69) is 26.8 Å². The summed E-state index contributed by atoms with van der Waals surface area (Å²) in [6, 6.07) is 11.0. The van der Waals surface area contributed by atoms with Crippen LogP contribution in [-0.4, -0.2) is 52.9 Å². The van der Waals surface area contributed by atoms with Crippen molar-refractivity contribution in [3.05, 3.63) is 66.7 Å². The lowest BCUT2D eigenvalue weighted by molar-refractivity contribution is 0.170. The Hall–Kier alpha value is -3.46. The highest BCUT2D eigenvalue weighted by Crippen LogP contribution is 2.25. The van der Waals surface area contributed by atoms with Gasteiger partial charge in [0.25, 0.3) is 0 Å². The van der Waals surface area contributed by atoms with Crippen LogP contribution in [0.2, 0.25) is 0 Å². The zero-order chi connectivity index (χ0) is 24.4. The predicted molar refractivity (Wildman–Crippen MR) is 136 cm³/mol. The minimum absolute atomic E-state index is 0.0844. The van der Waals surface area contributed by atoms with Gasteiger partial charge < -0.3 is 14.2 Å². The molecule has 4 heterocycles. The number of piperidine rings is 1. The second-order valence-corrected chi connectivity index (χ2v) is 11.0. The Labute approximate surface area is 205 Å². The minimum atomic E-state index is -3.24. The number of aromatic nitrogens is 4. The van der Waals surface area contributed by atoms with E-state index in [1.54, 1.807) is 25.3 Å². The third kappa shape index (κ3) is 4.86. The molecule has 0 aliphatic carbocycles. The van der Waals surface area contributed by atoms with Crippen LogP contribution < -0.4 is 9.64 Å². The first kappa shape index (κ1) is 23.3. The van der Waals surface area contributed by atoms with Gasteiger partial charge in [-0.1, -0.05) is 13.8 Å². The summed E-state index contributed by atoms with van der Waals surface area (Å²) in [5.74, 6) is 2.36. The van der Waals surface area contributed by atoms with E-state index >= 15 is 0 Å². The molecule has 0 bridgehead atoms. The molecule has 35 heavy (non-hydrogen) atoms. The molecule has 0 atom stereocenters. The first-order valence-corrected chi connectivity index (χ1v) is 13.6. The summed E-state index contributed by atoms with van der Waals surface area (Å²) in [5.41, 5.74) is 2.05. The molecule has 9 heteroatoms. The van der Waals surface area contributed by atoms with Crippen LogP contribution in [0.3, 0.4) is 0 Å². The van der Waals surface area contributed by atoms with Crippen LogP contribution in [0.25, 0.3) is 16.7 Å². The van der Waals surface area contributed by atoms with E-state index in [9.17, 15) is 8.42 Å². The lowest BCUT2D eigenvalue weighted by Crippen LogP contribution is -2.39. The number of fused-ring (bicyclic) bond motifs is 1. The number of benzene rings is 1. The molecule has 0 spiro atoms. The van der Waals surface area contributed by atoms with Gasteiger partial charge in [-0.2, -0.15) is 0 Å². The Morgan fingerprint density at radius 2 is 1.74 bits per heavy atom. The van der Waals surface area contributed by atoms with Crippen LogP contribution in [-0.2, 0) is 16.3 Å². The van der Waals surface area contributed by atoms with Crippen molar-refractivity contribution in [2.24, 2.45) is 0 Å². The fraction of sp³-hybridized carbons (Fsp3) is 0.346. The van der Waals surface area contributed by atoms with Crippen LogP contribution >= 0.6 is 0 Å². The smallest absolute Gasteiger partial charge is 0.225 e. The topological polar surface area (TPSA) is 90.2 Å². The molecule has 1 saturated heterocycles. The summed E-state index contributed by atoms with van der Waals surface area (Å²) < 4.78 is 32.5. The van der Waals surface area contributed by atoms with Crippen LogP contribution in [0.4, 0.5) is 5.95 Å². The van der Waals surface area contributed by atoms with Gasteiger partial charge in [-0.15, -0.1) is 0 Å². The van der Waals surface area contributed by atoms with Crippen LogP contribution in [0, 0.1) is 0 Å². The highest BCUT2D eigenvalue weighted by Gasteiger charge is 2.22. The van der Waals surface area contributed by atoms with Crippen LogP contribution in [0.5, 0.6) is 5.75 Å². The van der Waals surface area contributed by atoms with Gasteiger partial charge in [0.15, 0.2) is 9.84 Å². The molecule has 4 aromatic rings. The molecule has 1 fully saturated rings. The van der Waals surface area contributed by atoms with Gasteiger partial charge in [-0.05, 0) is 48.4 Å². The van der Waals surface area contributed by atoms with Crippen molar-refractivity contribution in [2.45, 2.75) is 44.1 Å². The first-order valence-electron chi connectivity index (χ1n) is 12.0. The monoisotopic (exact) mass is 491 g/mol. The molecule has 1 aliphatic rings. The number of sulfone groups is 1. The summed E-state index contributed by atoms with van der Waals surface area (Å²) in [6.45, 7) is 5.46. The molecule has 0 radical (unpaired) electrons. The average Bonchev–Trinajstić information content (AvgIpc) is 3.33. The Bertz CT molecular complexity index is 1410. The SMILES string of the molecule is CCc1cnc(N2CCC(Oc3ccc(-n4ccc5cc(S(=O)(=O)CC)ccc54)nc3)CC2)nc1. The number of nitrogens with zero attached hydrogens (tertiary/aromatic N) is 5. The van der Waals surface area contributed by atoms with Crippen molar-refractivity contribution in [1.29, 1.82) is 0 Å². The van der Waals surface area contributed by atoms with E-state index in [1.807, 2.05) is 47.4 Å². The number of ether oxygens (including phenoxy) is 1. The molecular formula is C26H29N5O3S. The van der Waals surface area contributed by atoms with Crippen molar-refractivity contribution in [2.75, 3.05) is 23.7 Å². The van der Waals surface area contributed by atoms with Crippen molar-refractivity contribution in [3.8, 4) is 11.6 Å². The van der Waals surface area contributed by atoms with E-state index < -0.39 is 9.84 Å². The van der Waals surface area contributed by atoms with E-state index in [1.165, 1.54) is 0 Å². The maximum atomic E-state index is 12.2. The minimum Gasteiger partial charge on any atom is -0.489 e. The normalized spacial score (nSPS) is 15.0. The Morgan fingerprint density at radius 1 is 0.971 bits per heavy atom. The molecule has 0 N–H and O–H groups in total. The highest BCUT2D eigenvalue weighted by atomic mass is 32.2. The molecule has 0 saturated carbocycles. The van der Waals surface area contributed by atoms with Gasteiger partial charge >= 0.3 is 0 Å². The second kappa shape index (κ2) is 9.65. The van der Waals surface area contributed by atoms with Gasteiger partial charge in [-0.25, -0.2) is 23.4 Å². The van der Waals surface area contributed by atoms with Gasteiger partial charge in [0.05, 0.1) is 22.4 Å². The van der Waals surface area contributed by atoms with E-state index in [-0.39, 0.29) is 11.9 Å². The molecular weight excluding hydrogens is 462 g/mol. The first-order chi connectivity index (χ1) is 17.0. The van der Waals surface area contributed by atoms with E-state index in [4.69, 9.17) is 4.74 Å². The Morgan fingerprint density at radius 3 is 2.40 bits per heavy atom. The Balaban J connectivity index is 1.23. The number of hydrogen-bond donors (Lipinski definition) is 0. The summed E-state index contributed by atoms with van der Waals surface area (Å²) in [7, 11) is -3.24. The lowest BCUT2D eigenvalue weighted by Gasteiger charge is -2.32. The standard InChI is InChI=1S/C26H29N5O3S/c1-3-19-16-28-26(29-17-19)30-12-10-21(11-13-30)34-22-5-8-25(27-18-22)31-14-9-20-15-23(6-7-24(20)31)35(32,33)4-2/h5-9,14-18,21H,3-4,10-13H2,1-2H3. The summed E-state index contributed by atoms with van der Waals surface area (Å²) in [4.78, 5) is 16.1. The van der Waals surface area contributed by atoms with Crippen molar-refractivity contribution < 1.29 is 13.2 Å². The van der Waals surface area contributed by atoms with Crippen molar-refractivity contribution in [3.63, 3.8) is 0 Å². The molecule has 0 unspecified atom stereocenters. The molecule has 3 aromatic heterocycles. The quantitative estimate of drug-likeness (QED) is 0.382. The second-order valence-electron chi connectivity index (χ2n) is 8.71. The third-order valence-electron chi connectivity index (χ3n) is 6.50.